The van der Waals surface area contributed by atoms with Crippen LogP contribution in [-0.4, -0.2) is 36.6 Å². The average Bonchev–Trinajstić information content (AvgIpc) is 2.26. The number of rotatable bonds is 7. The third kappa shape index (κ3) is 13.9. The molecule has 0 heterocycles. The van der Waals surface area contributed by atoms with Crippen LogP contribution in [0, 0.1) is 0 Å². The number of nitrogens with zero attached hydrogens (tertiary/aromatic N) is 1. The smallest absolute Gasteiger partial charge is 0.00965 e. The quantitative estimate of drug-likeness (QED) is 0.683. The molecule has 0 aliphatic carbocycles. The molecule has 0 aromatic heterocycles. The zero-order valence-corrected chi connectivity index (χ0v) is 13.6. The molecule has 2 nitrogen and oxygen atoms in total. The molecule has 0 radical (unpaired) electrons. The SMILES string of the molecule is CC.CCCC(C)N(C)CCCNC(C)(C)C. The minimum Gasteiger partial charge on any atom is -0.312 e. The number of nitrogens with one attached hydrogen (secondary N) is 1. The summed E-state index contributed by atoms with van der Waals surface area (Å²) < 4.78 is 0. The highest BCUT2D eigenvalue weighted by Crippen LogP contribution is 2.04. The topological polar surface area (TPSA) is 15.3 Å². The summed E-state index contributed by atoms with van der Waals surface area (Å²) in [5.74, 6) is 0. The van der Waals surface area contributed by atoms with Crippen LogP contribution >= 0.6 is 0 Å². The Morgan fingerprint density at radius 2 is 1.71 bits per heavy atom. The first-order valence-corrected chi connectivity index (χ1v) is 7.32. The van der Waals surface area contributed by atoms with E-state index < -0.39 is 0 Å². The molecule has 17 heavy (non-hydrogen) atoms. The molecule has 0 saturated heterocycles. The summed E-state index contributed by atoms with van der Waals surface area (Å²) in [6.45, 7) is 17.5. The van der Waals surface area contributed by atoms with E-state index in [0.29, 0.717) is 0 Å². The largest absolute Gasteiger partial charge is 0.312 e. The van der Waals surface area contributed by atoms with Crippen molar-refractivity contribution in [1.82, 2.24) is 10.2 Å². The summed E-state index contributed by atoms with van der Waals surface area (Å²) in [6.07, 6.45) is 3.83. The van der Waals surface area contributed by atoms with Crippen LogP contribution in [0.25, 0.3) is 0 Å². The highest BCUT2D eigenvalue weighted by Gasteiger charge is 2.09. The Kier molecular flexibility index (Phi) is 12.5. The van der Waals surface area contributed by atoms with E-state index in [1.807, 2.05) is 13.8 Å². The van der Waals surface area contributed by atoms with Crippen molar-refractivity contribution in [2.75, 3.05) is 20.1 Å². The predicted molar refractivity (Wildman–Crippen MR) is 80.7 cm³/mol. The maximum atomic E-state index is 3.52. The predicted octanol–water partition coefficient (Wildman–Crippen LogP) is 3.91. The second kappa shape index (κ2) is 11.0. The molecule has 0 aromatic rings. The van der Waals surface area contributed by atoms with Crippen molar-refractivity contribution < 1.29 is 0 Å². The van der Waals surface area contributed by atoms with E-state index in [2.05, 4.69) is 51.9 Å². The van der Waals surface area contributed by atoms with E-state index >= 15 is 0 Å². The van der Waals surface area contributed by atoms with E-state index in [1.165, 1.54) is 25.8 Å². The number of hydrogen-bond acceptors (Lipinski definition) is 2. The number of hydrogen-bond donors (Lipinski definition) is 1. The van der Waals surface area contributed by atoms with Crippen molar-refractivity contribution in [1.29, 1.82) is 0 Å². The Balaban J connectivity index is 0. The Labute approximate surface area is 110 Å². The molecular formula is C15H36N2. The fourth-order valence-electron chi connectivity index (χ4n) is 1.65. The van der Waals surface area contributed by atoms with Crippen molar-refractivity contribution in [3.05, 3.63) is 0 Å². The van der Waals surface area contributed by atoms with Crippen molar-refractivity contribution >= 4 is 0 Å². The van der Waals surface area contributed by atoms with E-state index in [-0.39, 0.29) is 5.54 Å². The van der Waals surface area contributed by atoms with Crippen molar-refractivity contribution in [2.45, 2.75) is 79.3 Å². The lowest BCUT2D eigenvalue weighted by Crippen LogP contribution is -2.38. The first-order chi connectivity index (χ1) is 7.87. The molecule has 0 aliphatic rings. The van der Waals surface area contributed by atoms with Gasteiger partial charge < -0.3 is 10.2 Å². The van der Waals surface area contributed by atoms with Gasteiger partial charge in [0.1, 0.15) is 0 Å². The molecule has 0 saturated carbocycles. The summed E-state index contributed by atoms with van der Waals surface area (Å²) in [6, 6.07) is 0.727. The maximum Gasteiger partial charge on any atom is 0.00965 e. The van der Waals surface area contributed by atoms with Gasteiger partial charge in [0.05, 0.1) is 0 Å². The molecule has 0 spiro atoms. The second-order valence-corrected chi connectivity index (χ2v) is 5.65. The minimum atomic E-state index is 0.258. The van der Waals surface area contributed by atoms with Gasteiger partial charge in [0.25, 0.3) is 0 Å². The fraction of sp³-hybridized carbons (Fsp3) is 1.00. The molecule has 106 valence electrons. The van der Waals surface area contributed by atoms with Crippen LogP contribution in [0.4, 0.5) is 0 Å². The van der Waals surface area contributed by atoms with Crippen molar-refractivity contribution in [3.63, 3.8) is 0 Å². The first kappa shape index (κ1) is 19.3. The lowest BCUT2D eigenvalue weighted by molar-refractivity contribution is 0.238. The first-order valence-electron chi connectivity index (χ1n) is 7.32. The van der Waals surface area contributed by atoms with Crippen LogP contribution in [-0.2, 0) is 0 Å². The lowest BCUT2D eigenvalue weighted by Gasteiger charge is -2.26. The monoisotopic (exact) mass is 244 g/mol. The van der Waals surface area contributed by atoms with Gasteiger partial charge in [-0.25, -0.2) is 0 Å². The normalized spacial score (nSPS) is 13.2. The van der Waals surface area contributed by atoms with Gasteiger partial charge in [-0.3, -0.25) is 0 Å². The van der Waals surface area contributed by atoms with E-state index in [1.54, 1.807) is 0 Å². The summed E-state index contributed by atoms with van der Waals surface area (Å²) in [4.78, 5) is 2.47. The fourth-order valence-corrected chi connectivity index (χ4v) is 1.65. The van der Waals surface area contributed by atoms with Crippen LogP contribution in [0.1, 0.15) is 67.7 Å². The lowest BCUT2D eigenvalue weighted by atomic mass is 10.1. The second-order valence-electron chi connectivity index (χ2n) is 5.65. The van der Waals surface area contributed by atoms with E-state index in [4.69, 9.17) is 0 Å². The third-order valence-corrected chi connectivity index (χ3v) is 2.80. The third-order valence-electron chi connectivity index (χ3n) is 2.80. The summed E-state index contributed by atoms with van der Waals surface area (Å²) >= 11 is 0. The average molecular weight is 244 g/mol. The molecular weight excluding hydrogens is 208 g/mol. The molecule has 2 heteroatoms. The van der Waals surface area contributed by atoms with Crippen LogP contribution in [0.2, 0.25) is 0 Å². The molecule has 0 aliphatic heterocycles. The van der Waals surface area contributed by atoms with Gasteiger partial charge in [-0.05, 0) is 60.7 Å². The highest BCUT2D eigenvalue weighted by molar-refractivity contribution is 4.70. The molecule has 0 aromatic carbocycles. The Bertz CT molecular complexity index is 149. The van der Waals surface area contributed by atoms with Crippen molar-refractivity contribution in [2.24, 2.45) is 0 Å². The van der Waals surface area contributed by atoms with Crippen LogP contribution < -0.4 is 5.32 Å². The van der Waals surface area contributed by atoms with Crippen molar-refractivity contribution in [3.8, 4) is 0 Å². The van der Waals surface area contributed by atoms with Crippen LogP contribution in [0.15, 0.2) is 0 Å². The maximum absolute atomic E-state index is 3.52. The van der Waals surface area contributed by atoms with E-state index in [0.717, 1.165) is 12.6 Å². The molecule has 1 unspecified atom stereocenters. The summed E-state index contributed by atoms with van der Waals surface area (Å²) in [7, 11) is 2.23. The Morgan fingerprint density at radius 3 is 2.12 bits per heavy atom. The van der Waals surface area contributed by atoms with Crippen LogP contribution in [0.3, 0.4) is 0 Å². The minimum absolute atomic E-state index is 0.258. The van der Waals surface area contributed by atoms with Gasteiger partial charge in [0.2, 0.25) is 0 Å². The zero-order valence-electron chi connectivity index (χ0n) is 13.6. The summed E-state index contributed by atoms with van der Waals surface area (Å²) in [5.41, 5.74) is 0.258. The van der Waals surface area contributed by atoms with Gasteiger partial charge >= 0.3 is 0 Å². The van der Waals surface area contributed by atoms with Gasteiger partial charge in [-0.15, -0.1) is 0 Å². The van der Waals surface area contributed by atoms with E-state index in [9.17, 15) is 0 Å². The van der Waals surface area contributed by atoms with Gasteiger partial charge in [-0.2, -0.15) is 0 Å². The zero-order chi connectivity index (χ0) is 13.9. The van der Waals surface area contributed by atoms with Crippen LogP contribution in [0.5, 0.6) is 0 Å². The molecule has 1 N–H and O–H groups in total. The molecule has 0 bridgehead atoms. The van der Waals surface area contributed by atoms with Gasteiger partial charge in [0, 0.05) is 11.6 Å². The van der Waals surface area contributed by atoms with Gasteiger partial charge in [-0.1, -0.05) is 27.2 Å². The molecule has 0 rings (SSSR count). The Morgan fingerprint density at radius 1 is 1.18 bits per heavy atom. The standard InChI is InChI=1S/C13H30N2.C2H6/c1-7-9-12(2)15(6)11-8-10-14-13(3,4)5;1-2/h12,14H,7-11H2,1-6H3;1-2H3. The molecule has 0 amide bonds. The molecule has 1 atom stereocenters. The molecule has 0 fully saturated rings. The Hall–Kier alpha value is -0.0800. The highest BCUT2D eigenvalue weighted by atomic mass is 15.1. The summed E-state index contributed by atoms with van der Waals surface area (Å²) in [5, 5.41) is 3.52. The van der Waals surface area contributed by atoms with Gasteiger partial charge in [0.15, 0.2) is 0 Å².